The van der Waals surface area contributed by atoms with Crippen LogP contribution in [0.5, 0.6) is 0 Å². The van der Waals surface area contributed by atoms with E-state index >= 15 is 0 Å². The van der Waals surface area contributed by atoms with E-state index < -0.39 is 19.7 Å². The maximum Gasteiger partial charge on any atom is 0.223 e. The Kier molecular flexibility index (Phi) is 31.8. The van der Waals surface area contributed by atoms with Crippen molar-refractivity contribution in [3.63, 3.8) is 0 Å². The molecule has 2 rings (SSSR count). The molecule has 0 atom stereocenters. The minimum absolute atomic E-state index is 0.0908. The van der Waals surface area contributed by atoms with Gasteiger partial charge in [-0.2, -0.15) is 0 Å². The van der Waals surface area contributed by atoms with Gasteiger partial charge in [0.2, 0.25) is 11.8 Å². The van der Waals surface area contributed by atoms with Crippen LogP contribution in [0.4, 0.5) is 0 Å². The zero-order valence-corrected chi connectivity index (χ0v) is 29.8. The summed E-state index contributed by atoms with van der Waals surface area (Å²) in [6.45, 7) is 14.8. The summed E-state index contributed by atoms with van der Waals surface area (Å²) in [6.07, 6.45) is 22.8. The lowest BCUT2D eigenvalue weighted by Gasteiger charge is -2.18. The van der Waals surface area contributed by atoms with Crippen LogP contribution in [0.15, 0.2) is 73.9 Å². The van der Waals surface area contributed by atoms with E-state index in [0.29, 0.717) is 12.8 Å². The summed E-state index contributed by atoms with van der Waals surface area (Å²) in [5.74, 6) is 0.191. The van der Waals surface area contributed by atoms with Crippen molar-refractivity contribution in [2.24, 2.45) is 5.41 Å². The molecule has 2 aromatic rings. The van der Waals surface area contributed by atoms with E-state index in [1.165, 1.54) is 12.7 Å². The molecule has 0 radical (unpaired) electrons. The monoisotopic (exact) mass is 658 g/mol. The standard InChI is InChI=1S/C10H19NO.C8H15NO.2C4H4N2.2C2H6O2S/c1-5-6-7-9(12)11-8-10(2,3)4;1-4-5-6-8(10)9-7(2)3;2*1-2-5-4-6-3-1;2*1-5(2,3)4/h5-6H,7-8H2,1-4H3,(H,11,12);4-5,7H,6H2,1-3H3,(H,9,10);2*1-4H;2*1-2H3/b6-5-;5-4-;;;;. The molecule has 2 N–H and O–H groups in total. The number of rotatable bonds is 6. The molecular formula is C30H54N6O6S2. The Hall–Kier alpha value is -3.52. The summed E-state index contributed by atoms with van der Waals surface area (Å²) in [6, 6.07) is 3.80. The highest BCUT2D eigenvalue weighted by Gasteiger charge is 2.10. The molecule has 0 aromatic carbocycles. The first-order valence-corrected chi connectivity index (χ1v) is 18.2. The topological polar surface area (TPSA) is 178 Å². The number of hydrogen-bond acceptors (Lipinski definition) is 10. The lowest BCUT2D eigenvalue weighted by atomic mass is 9.97. The second-order valence-electron chi connectivity index (χ2n) is 10.7. The lowest BCUT2D eigenvalue weighted by molar-refractivity contribution is -0.121. The van der Waals surface area contributed by atoms with Gasteiger partial charge in [-0.15, -0.1) is 0 Å². The molecule has 2 amide bonds. The molecule has 0 saturated carbocycles. The molecule has 44 heavy (non-hydrogen) atoms. The molecule has 12 nitrogen and oxygen atoms in total. The number of sulfone groups is 2. The van der Waals surface area contributed by atoms with Crippen molar-refractivity contribution in [1.82, 2.24) is 30.6 Å². The van der Waals surface area contributed by atoms with E-state index in [9.17, 15) is 26.4 Å². The van der Waals surface area contributed by atoms with Gasteiger partial charge in [-0.25, -0.2) is 36.8 Å². The Morgan fingerprint density at radius 1 is 0.705 bits per heavy atom. The Labute approximate surface area is 266 Å². The van der Waals surface area contributed by atoms with E-state index in [1.54, 1.807) is 36.9 Å². The number of aromatic nitrogens is 4. The van der Waals surface area contributed by atoms with Crippen molar-refractivity contribution < 1.29 is 26.4 Å². The maximum absolute atomic E-state index is 11.1. The van der Waals surface area contributed by atoms with Crippen LogP contribution in [0.3, 0.4) is 0 Å². The number of nitrogens with zero attached hydrogens (tertiary/aromatic N) is 4. The minimum Gasteiger partial charge on any atom is -0.355 e. The van der Waals surface area contributed by atoms with Crippen molar-refractivity contribution in [1.29, 1.82) is 0 Å². The quantitative estimate of drug-likeness (QED) is 0.433. The number of carbonyl (C=O) groups is 2. The first kappa shape index (κ1) is 47.4. The highest BCUT2D eigenvalue weighted by Crippen LogP contribution is 2.10. The van der Waals surface area contributed by atoms with Crippen molar-refractivity contribution in [2.45, 2.75) is 67.3 Å². The van der Waals surface area contributed by atoms with Gasteiger partial charge < -0.3 is 10.6 Å². The highest BCUT2D eigenvalue weighted by molar-refractivity contribution is 7.90. The molecule has 14 heteroatoms. The SMILES string of the molecule is C/C=C\CC(=O)NC(C)C.C/C=C\CC(=O)NCC(C)(C)C.CS(C)(=O)=O.CS(C)(=O)=O.c1cncnc1.c1cncnc1. The van der Waals surface area contributed by atoms with Gasteiger partial charge in [0.25, 0.3) is 0 Å². The molecule has 0 bridgehead atoms. The Bertz CT molecular complexity index is 1080. The van der Waals surface area contributed by atoms with E-state index in [2.05, 4.69) is 51.3 Å². The Morgan fingerprint density at radius 2 is 1.02 bits per heavy atom. The van der Waals surface area contributed by atoms with E-state index in [1.807, 2.05) is 52.0 Å². The zero-order chi connectivity index (χ0) is 35.1. The number of amides is 2. The van der Waals surface area contributed by atoms with Crippen molar-refractivity contribution in [3.8, 4) is 0 Å². The van der Waals surface area contributed by atoms with Crippen LogP contribution >= 0.6 is 0 Å². The Balaban J connectivity index is -0.000000226. The Morgan fingerprint density at radius 3 is 1.23 bits per heavy atom. The smallest absolute Gasteiger partial charge is 0.223 e. The van der Waals surface area contributed by atoms with Gasteiger partial charge in [-0.3, -0.25) is 9.59 Å². The average molecular weight is 659 g/mol. The molecule has 0 fully saturated rings. The van der Waals surface area contributed by atoms with Crippen LogP contribution < -0.4 is 10.6 Å². The number of nitrogens with one attached hydrogen (secondary N) is 2. The summed E-state index contributed by atoms with van der Waals surface area (Å²) in [5.41, 5.74) is 0.172. The first-order chi connectivity index (χ1) is 20.1. The summed E-state index contributed by atoms with van der Waals surface area (Å²) in [4.78, 5) is 36.6. The van der Waals surface area contributed by atoms with Gasteiger partial charge in [0.05, 0.1) is 0 Å². The molecule has 0 spiro atoms. The maximum atomic E-state index is 11.1. The predicted octanol–water partition coefficient (Wildman–Crippen LogP) is 3.87. The number of allylic oxidation sites excluding steroid dienone is 2. The van der Waals surface area contributed by atoms with Crippen molar-refractivity contribution >= 4 is 31.5 Å². The summed E-state index contributed by atoms with van der Waals surface area (Å²) >= 11 is 0. The van der Waals surface area contributed by atoms with E-state index in [4.69, 9.17) is 0 Å². The number of carbonyl (C=O) groups excluding carboxylic acids is 2. The zero-order valence-electron chi connectivity index (χ0n) is 28.2. The fraction of sp³-hybridized carbons (Fsp3) is 0.533. The molecule has 2 heterocycles. The fourth-order valence-corrected chi connectivity index (χ4v) is 1.77. The first-order valence-electron chi connectivity index (χ1n) is 13.6. The summed E-state index contributed by atoms with van der Waals surface area (Å²) in [5, 5.41) is 5.65. The molecule has 0 aliphatic rings. The highest BCUT2D eigenvalue weighted by atomic mass is 32.2. The molecule has 0 unspecified atom stereocenters. The molecular weight excluding hydrogens is 604 g/mol. The molecule has 0 aliphatic heterocycles. The third-order valence-corrected chi connectivity index (χ3v) is 3.30. The van der Waals surface area contributed by atoms with Crippen LogP contribution in [0.25, 0.3) is 0 Å². The van der Waals surface area contributed by atoms with Gasteiger partial charge in [-0.05, 0) is 45.2 Å². The third-order valence-electron chi connectivity index (χ3n) is 3.30. The van der Waals surface area contributed by atoms with Gasteiger partial charge in [0.1, 0.15) is 32.3 Å². The second-order valence-corrected chi connectivity index (χ2v) is 15.3. The van der Waals surface area contributed by atoms with E-state index in [-0.39, 0.29) is 23.3 Å². The van der Waals surface area contributed by atoms with Crippen LogP contribution in [-0.2, 0) is 29.3 Å². The van der Waals surface area contributed by atoms with Crippen molar-refractivity contribution in [2.75, 3.05) is 31.6 Å². The van der Waals surface area contributed by atoms with Gasteiger partial charge in [0.15, 0.2) is 0 Å². The molecule has 0 aliphatic carbocycles. The normalized spacial score (nSPS) is 10.5. The van der Waals surface area contributed by atoms with Crippen LogP contribution in [0.2, 0.25) is 0 Å². The summed E-state index contributed by atoms with van der Waals surface area (Å²) < 4.78 is 38.5. The lowest BCUT2D eigenvalue weighted by Crippen LogP contribution is -2.31. The predicted molar refractivity (Wildman–Crippen MR) is 180 cm³/mol. The van der Waals surface area contributed by atoms with Gasteiger partial charge >= 0.3 is 0 Å². The van der Waals surface area contributed by atoms with Crippen LogP contribution in [-0.4, -0.2) is 86.2 Å². The van der Waals surface area contributed by atoms with Crippen LogP contribution in [0.1, 0.15) is 61.3 Å². The second kappa shape index (κ2) is 29.5. The molecule has 2 aromatic heterocycles. The molecule has 252 valence electrons. The third kappa shape index (κ3) is 77.1. The largest absolute Gasteiger partial charge is 0.355 e. The van der Waals surface area contributed by atoms with E-state index in [0.717, 1.165) is 31.6 Å². The fourth-order valence-electron chi connectivity index (χ4n) is 1.77. The molecule has 0 saturated heterocycles. The average Bonchev–Trinajstić information content (AvgIpc) is 2.90. The van der Waals surface area contributed by atoms with Gasteiger partial charge in [0, 0.05) is 75.2 Å². The summed E-state index contributed by atoms with van der Waals surface area (Å²) in [7, 11) is -5.33. The minimum atomic E-state index is -2.67. The van der Waals surface area contributed by atoms with Crippen molar-refractivity contribution in [3.05, 3.63) is 73.9 Å². The number of hydrogen-bond donors (Lipinski definition) is 2. The van der Waals surface area contributed by atoms with Crippen LogP contribution in [0, 0.1) is 5.41 Å². The van der Waals surface area contributed by atoms with Gasteiger partial charge in [-0.1, -0.05) is 45.1 Å².